The number of rotatable bonds is 6. The second-order valence-electron chi connectivity index (χ2n) is 6.58. The fourth-order valence-corrected chi connectivity index (χ4v) is 4.21. The summed E-state index contributed by atoms with van der Waals surface area (Å²) in [5.74, 6) is -0.540. The molecule has 0 bridgehead atoms. The molecule has 1 amide bonds. The van der Waals surface area contributed by atoms with Crippen LogP contribution in [0.1, 0.15) is 9.78 Å². The molecule has 17 heteroatoms. The van der Waals surface area contributed by atoms with Crippen molar-refractivity contribution in [2.24, 2.45) is 10.2 Å². The van der Waals surface area contributed by atoms with Gasteiger partial charge >= 0.3 is 59.1 Å². The zero-order valence-electron chi connectivity index (χ0n) is 20.5. The second kappa shape index (κ2) is 12.0. The van der Waals surface area contributed by atoms with Gasteiger partial charge in [-0.15, -0.1) is 5.11 Å². The Kier molecular flexibility index (Phi) is 10.7. The summed E-state index contributed by atoms with van der Waals surface area (Å²) in [4.78, 5) is 20.1. The largest absolute Gasteiger partial charge is 1.00 e. The Morgan fingerprint density at radius 3 is 2.03 bits per heavy atom. The molecule has 0 aliphatic carbocycles. The fourth-order valence-electron chi connectivity index (χ4n) is 2.87. The van der Waals surface area contributed by atoms with Crippen LogP contribution in [-0.4, -0.2) is 36.8 Å². The van der Waals surface area contributed by atoms with Crippen molar-refractivity contribution in [2.75, 3.05) is 5.32 Å². The number of non-ortho nitro benzene ring substituents is 1. The maximum absolute atomic E-state index is 11.9. The molecule has 0 atom stereocenters. The van der Waals surface area contributed by atoms with Crippen LogP contribution < -0.4 is 64.4 Å². The van der Waals surface area contributed by atoms with Crippen molar-refractivity contribution in [1.82, 2.24) is 0 Å². The van der Waals surface area contributed by atoms with E-state index in [2.05, 4.69) is 15.5 Å². The Morgan fingerprint density at radius 2 is 1.54 bits per heavy atom. The van der Waals surface area contributed by atoms with E-state index in [9.17, 15) is 40.8 Å². The van der Waals surface area contributed by atoms with E-state index in [4.69, 9.17) is 0 Å². The molecular weight excluding hydrogens is 526 g/mol. The van der Waals surface area contributed by atoms with E-state index in [1.54, 1.807) is 0 Å². The minimum Gasteiger partial charge on any atom is -1.00 e. The number of hydrogen-bond acceptors (Lipinski definition) is 9. The molecule has 0 aliphatic heterocycles. The number of azo groups is 1. The van der Waals surface area contributed by atoms with Crippen molar-refractivity contribution >= 4 is 59.7 Å². The number of nitrogens with zero attached hydrogens (tertiary/aromatic N) is 3. The topological polar surface area (TPSA) is 206 Å². The number of carbonyl (C=O) groups excluding carboxylic acids is 1. The van der Waals surface area contributed by atoms with Gasteiger partial charge < -0.3 is 8.17 Å². The van der Waals surface area contributed by atoms with Crippen LogP contribution in [0, 0.1) is 10.1 Å². The molecule has 3 rings (SSSR count). The van der Waals surface area contributed by atoms with Crippen LogP contribution in [0.3, 0.4) is 0 Å². The summed E-state index contributed by atoms with van der Waals surface area (Å²) in [6, 6.07) is 8.81. The minimum atomic E-state index is -4.94. The summed E-state index contributed by atoms with van der Waals surface area (Å²) in [6.07, 6.45) is 0. The number of anilines is 1. The standard InChI is InChI=1S/C18H14N4O9S2.2Na.2H/c1-10(23)19-16-7-6-14-15(8-13(32(26,27)28)9-17(14)33(29,30)31)18(16)21-20-11-2-4-12(5-3-11)22(24)25;;;;/h2-9H,1H3,(H,19,23)(H,26,27,28)(H,29,30,31);;;;/q;2*+1;2*-1. The molecule has 3 aromatic rings. The Morgan fingerprint density at radius 1 is 0.943 bits per heavy atom. The van der Waals surface area contributed by atoms with Gasteiger partial charge in [0.2, 0.25) is 5.91 Å². The molecule has 3 aromatic carbocycles. The molecule has 176 valence electrons. The summed E-state index contributed by atoms with van der Waals surface area (Å²) in [5, 5.41) is 20.7. The van der Waals surface area contributed by atoms with E-state index in [0.29, 0.717) is 6.07 Å². The van der Waals surface area contributed by atoms with Gasteiger partial charge in [-0.1, -0.05) is 6.07 Å². The summed E-state index contributed by atoms with van der Waals surface area (Å²) < 4.78 is 66.1. The second-order valence-corrected chi connectivity index (χ2v) is 9.39. The van der Waals surface area contributed by atoms with E-state index < -0.39 is 40.9 Å². The van der Waals surface area contributed by atoms with Crippen molar-refractivity contribution < 1.29 is 97.6 Å². The third kappa shape index (κ3) is 7.60. The third-order valence-electron chi connectivity index (χ3n) is 4.25. The number of carbonyl (C=O) groups is 1. The number of hydrogen-bond donors (Lipinski definition) is 3. The van der Waals surface area contributed by atoms with Gasteiger partial charge in [-0.2, -0.15) is 21.9 Å². The van der Waals surface area contributed by atoms with Gasteiger partial charge in [0.15, 0.2) is 0 Å². The van der Waals surface area contributed by atoms with Gasteiger partial charge in [0.05, 0.1) is 21.2 Å². The maximum Gasteiger partial charge on any atom is 1.00 e. The summed E-state index contributed by atoms with van der Waals surface area (Å²) in [7, 11) is -9.85. The minimum absolute atomic E-state index is 0. The molecule has 3 N–H and O–H groups in total. The van der Waals surface area contributed by atoms with E-state index in [-0.39, 0.29) is 95.5 Å². The van der Waals surface area contributed by atoms with Gasteiger partial charge in [0.25, 0.3) is 25.9 Å². The molecule has 0 heterocycles. The molecule has 0 radical (unpaired) electrons. The predicted molar refractivity (Wildman–Crippen MR) is 117 cm³/mol. The predicted octanol–water partition coefficient (Wildman–Crippen LogP) is -2.15. The number of nitrogens with one attached hydrogen (secondary N) is 1. The quantitative estimate of drug-likeness (QED) is 0.102. The van der Waals surface area contributed by atoms with Gasteiger partial charge in [0.1, 0.15) is 10.6 Å². The van der Waals surface area contributed by atoms with Crippen molar-refractivity contribution in [3.63, 3.8) is 0 Å². The van der Waals surface area contributed by atoms with E-state index in [0.717, 1.165) is 6.07 Å². The Bertz CT molecular complexity index is 1550. The average molecular weight is 542 g/mol. The third-order valence-corrected chi connectivity index (χ3v) is 5.98. The van der Waals surface area contributed by atoms with Crippen LogP contribution in [0.5, 0.6) is 0 Å². The first-order valence-corrected chi connectivity index (χ1v) is 11.6. The molecule has 0 spiro atoms. The van der Waals surface area contributed by atoms with Crippen LogP contribution in [0.25, 0.3) is 10.8 Å². The Hall–Kier alpha value is -1.79. The Labute approximate surface area is 246 Å². The first-order chi connectivity index (χ1) is 15.3. The number of nitro benzene ring substituents is 1. The zero-order chi connectivity index (χ0) is 24.6. The van der Waals surface area contributed by atoms with Crippen LogP contribution in [0.2, 0.25) is 0 Å². The molecule has 0 aromatic heterocycles. The van der Waals surface area contributed by atoms with Crippen molar-refractivity contribution in [3.05, 3.63) is 58.6 Å². The van der Waals surface area contributed by atoms with Crippen molar-refractivity contribution in [2.45, 2.75) is 16.7 Å². The van der Waals surface area contributed by atoms with E-state index in [1.807, 2.05) is 0 Å². The molecule has 0 saturated carbocycles. The first-order valence-electron chi connectivity index (χ1n) is 8.77. The van der Waals surface area contributed by atoms with Crippen molar-refractivity contribution in [1.29, 1.82) is 0 Å². The normalized spacial score (nSPS) is 11.5. The van der Waals surface area contributed by atoms with Gasteiger partial charge in [-0.25, -0.2) is 0 Å². The van der Waals surface area contributed by atoms with Gasteiger partial charge in [-0.05, 0) is 30.3 Å². The molecule has 0 fully saturated rings. The smallest absolute Gasteiger partial charge is 1.00 e. The van der Waals surface area contributed by atoms with Gasteiger partial charge in [-0.3, -0.25) is 24.0 Å². The average Bonchev–Trinajstić information content (AvgIpc) is 2.70. The zero-order valence-corrected chi connectivity index (χ0v) is 24.2. The molecule has 0 aliphatic rings. The SMILES string of the molecule is CC(=O)Nc1ccc2c(S(=O)(=O)O)cc(S(=O)(=O)O)cc2c1N=Nc1ccc([N+](=O)[O-])cc1.[H-].[H-].[Na+].[Na+]. The maximum atomic E-state index is 11.9. The van der Waals surface area contributed by atoms with Crippen LogP contribution in [0.15, 0.2) is 68.6 Å². The molecule has 13 nitrogen and oxygen atoms in total. The van der Waals surface area contributed by atoms with Crippen LogP contribution in [0.4, 0.5) is 22.7 Å². The summed E-state index contributed by atoms with van der Waals surface area (Å²) >= 11 is 0. The van der Waals surface area contributed by atoms with Crippen LogP contribution in [-0.2, 0) is 25.0 Å². The molecule has 0 saturated heterocycles. The summed E-state index contributed by atoms with van der Waals surface area (Å²) in [6.45, 7) is 1.18. The number of benzene rings is 3. The number of nitro groups is 1. The molecule has 0 unspecified atom stereocenters. The molecular formula is C18H16N4Na2O9S2. The van der Waals surface area contributed by atoms with E-state index in [1.165, 1.54) is 43.3 Å². The summed E-state index contributed by atoms with van der Waals surface area (Å²) in [5.41, 5.74) is -0.244. The van der Waals surface area contributed by atoms with Gasteiger partial charge in [0, 0.05) is 29.8 Å². The fraction of sp³-hybridized carbons (Fsp3) is 0.0556. The van der Waals surface area contributed by atoms with Crippen molar-refractivity contribution in [3.8, 4) is 0 Å². The molecule has 35 heavy (non-hydrogen) atoms. The first kappa shape index (κ1) is 31.2. The Balaban J connectivity index is 0. The monoisotopic (exact) mass is 542 g/mol. The van der Waals surface area contributed by atoms with Crippen LogP contribution >= 0.6 is 0 Å². The number of fused-ring (bicyclic) bond motifs is 1. The van der Waals surface area contributed by atoms with E-state index >= 15 is 0 Å². The number of amides is 1.